The molecule has 60 valence electrons. The average molecular weight is 166 g/mol. The SMILES string of the molecule is C=C(NS(=O)[O-])OCCO. The van der Waals surface area contributed by atoms with E-state index < -0.39 is 11.3 Å². The summed E-state index contributed by atoms with van der Waals surface area (Å²) >= 11 is -2.41. The molecule has 1 atom stereocenters. The van der Waals surface area contributed by atoms with E-state index >= 15 is 0 Å². The Morgan fingerprint density at radius 1 is 1.90 bits per heavy atom. The van der Waals surface area contributed by atoms with Crippen LogP contribution in [-0.2, 0) is 16.0 Å². The molecule has 0 radical (unpaired) electrons. The monoisotopic (exact) mass is 166 g/mol. The third-order valence-electron chi connectivity index (χ3n) is 0.565. The van der Waals surface area contributed by atoms with Crippen LogP contribution in [0.3, 0.4) is 0 Å². The summed E-state index contributed by atoms with van der Waals surface area (Å²) in [5.41, 5.74) is 0. The zero-order valence-corrected chi connectivity index (χ0v) is 6.02. The topological polar surface area (TPSA) is 81.6 Å². The lowest BCUT2D eigenvalue weighted by atomic mass is 10.8. The highest BCUT2D eigenvalue weighted by Gasteiger charge is 1.89. The Labute approximate surface area is 61.1 Å². The molecule has 0 spiro atoms. The predicted molar refractivity (Wildman–Crippen MR) is 34.2 cm³/mol. The molecular formula is C4H8NO4S-. The van der Waals surface area contributed by atoms with Crippen LogP contribution in [0.1, 0.15) is 0 Å². The van der Waals surface area contributed by atoms with Crippen LogP contribution >= 0.6 is 0 Å². The molecule has 0 rings (SSSR count). The summed E-state index contributed by atoms with van der Waals surface area (Å²) in [4.78, 5) is 0. The van der Waals surface area contributed by atoms with Crippen LogP contribution in [0.4, 0.5) is 0 Å². The van der Waals surface area contributed by atoms with Crippen molar-refractivity contribution in [2.45, 2.75) is 0 Å². The Hall–Kier alpha value is -0.590. The van der Waals surface area contributed by atoms with Crippen LogP contribution < -0.4 is 4.72 Å². The lowest BCUT2D eigenvalue weighted by Gasteiger charge is -2.11. The Bertz CT molecular complexity index is 137. The molecule has 2 N–H and O–H groups in total. The first-order valence-corrected chi connectivity index (χ1v) is 3.52. The summed E-state index contributed by atoms with van der Waals surface area (Å²) < 4.78 is 26.1. The van der Waals surface area contributed by atoms with E-state index in [0.29, 0.717) is 0 Å². The number of nitrogens with one attached hydrogen (secondary N) is 1. The summed E-state index contributed by atoms with van der Waals surface area (Å²) in [5, 5.41) is 8.20. The molecule has 0 amide bonds. The quantitative estimate of drug-likeness (QED) is 0.399. The smallest absolute Gasteiger partial charge is 0.190 e. The first-order chi connectivity index (χ1) is 4.66. The first kappa shape index (κ1) is 9.41. The van der Waals surface area contributed by atoms with Gasteiger partial charge in [-0.15, -0.1) is 0 Å². The van der Waals surface area contributed by atoms with Crippen LogP contribution in [0, 0.1) is 0 Å². The summed E-state index contributed by atoms with van der Waals surface area (Å²) in [6.07, 6.45) is 0. The fourth-order valence-corrected chi connectivity index (χ4v) is 0.536. The largest absolute Gasteiger partial charge is 0.755 e. The van der Waals surface area contributed by atoms with Gasteiger partial charge >= 0.3 is 0 Å². The van der Waals surface area contributed by atoms with Crippen molar-refractivity contribution in [1.29, 1.82) is 0 Å². The van der Waals surface area contributed by atoms with Crippen LogP contribution in [-0.4, -0.2) is 27.1 Å². The molecule has 0 saturated carbocycles. The second-order valence-corrected chi connectivity index (χ2v) is 2.01. The van der Waals surface area contributed by atoms with E-state index in [1.54, 1.807) is 0 Å². The van der Waals surface area contributed by atoms with Crippen molar-refractivity contribution in [3.8, 4) is 0 Å². The standard InChI is InChI=1S/C4H9NO4S/c1-4(5-10(7)8)9-3-2-6/h5-6H,1-3H2,(H,7,8)/p-1. The van der Waals surface area contributed by atoms with Gasteiger partial charge in [-0.2, -0.15) is 0 Å². The van der Waals surface area contributed by atoms with Gasteiger partial charge in [-0.25, -0.2) is 0 Å². The van der Waals surface area contributed by atoms with E-state index in [2.05, 4.69) is 11.3 Å². The zero-order chi connectivity index (χ0) is 7.98. The van der Waals surface area contributed by atoms with Crippen molar-refractivity contribution in [2.24, 2.45) is 0 Å². The molecule has 0 aliphatic rings. The van der Waals surface area contributed by atoms with Gasteiger partial charge in [0.2, 0.25) is 0 Å². The number of aliphatic hydroxyl groups is 1. The minimum absolute atomic E-state index is 0.0308. The van der Waals surface area contributed by atoms with Crippen LogP contribution in [0.2, 0.25) is 0 Å². The second kappa shape index (κ2) is 5.21. The maximum atomic E-state index is 9.86. The van der Waals surface area contributed by atoms with Gasteiger partial charge in [-0.05, 0) is 6.58 Å². The zero-order valence-electron chi connectivity index (χ0n) is 5.20. The lowest BCUT2D eigenvalue weighted by molar-refractivity contribution is 0.140. The van der Waals surface area contributed by atoms with Crippen molar-refractivity contribution in [3.05, 3.63) is 12.5 Å². The third kappa shape index (κ3) is 5.54. The van der Waals surface area contributed by atoms with Crippen LogP contribution in [0.5, 0.6) is 0 Å². The number of hydrogen-bond donors (Lipinski definition) is 2. The molecule has 1 unspecified atom stereocenters. The summed E-state index contributed by atoms with van der Waals surface area (Å²) in [6.45, 7) is 3.05. The summed E-state index contributed by atoms with van der Waals surface area (Å²) in [7, 11) is 0. The van der Waals surface area contributed by atoms with Gasteiger partial charge in [0.1, 0.15) is 6.61 Å². The maximum Gasteiger partial charge on any atom is 0.190 e. The molecule has 0 bridgehead atoms. The highest BCUT2D eigenvalue weighted by Crippen LogP contribution is 1.86. The van der Waals surface area contributed by atoms with Gasteiger partial charge in [0.25, 0.3) is 0 Å². The van der Waals surface area contributed by atoms with Crippen molar-refractivity contribution < 1.29 is 18.6 Å². The number of rotatable bonds is 5. The average Bonchev–Trinajstić information content (AvgIpc) is 1.82. The normalized spacial score (nSPS) is 12.2. The summed E-state index contributed by atoms with van der Waals surface area (Å²) in [5.74, 6) is -0.0950. The van der Waals surface area contributed by atoms with E-state index in [0.717, 1.165) is 0 Å². The van der Waals surface area contributed by atoms with Gasteiger partial charge in [0.15, 0.2) is 5.88 Å². The molecule has 0 aromatic rings. The Kier molecular flexibility index (Phi) is 4.91. The molecule has 0 aromatic carbocycles. The van der Waals surface area contributed by atoms with Crippen LogP contribution in [0.25, 0.3) is 0 Å². The molecule has 6 heteroatoms. The number of ether oxygens (including phenoxy) is 1. The molecule has 10 heavy (non-hydrogen) atoms. The number of hydrogen-bond acceptors (Lipinski definition) is 4. The van der Waals surface area contributed by atoms with Gasteiger partial charge in [-0.3, -0.25) is 8.93 Å². The minimum Gasteiger partial charge on any atom is -0.755 e. The highest BCUT2D eigenvalue weighted by molar-refractivity contribution is 7.77. The van der Waals surface area contributed by atoms with Crippen molar-refractivity contribution in [1.82, 2.24) is 4.72 Å². The maximum absolute atomic E-state index is 9.86. The molecule has 5 nitrogen and oxygen atoms in total. The van der Waals surface area contributed by atoms with E-state index in [1.165, 1.54) is 0 Å². The molecule has 0 heterocycles. The van der Waals surface area contributed by atoms with E-state index in [4.69, 9.17) is 5.11 Å². The molecule has 0 aliphatic heterocycles. The molecule has 0 saturated heterocycles. The van der Waals surface area contributed by atoms with Gasteiger partial charge in [0.05, 0.1) is 6.61 Å². The third-order valence-corrected chi connectivity index (χ3v) is 0.959. The lowest BCUT2D eigenvalue weighted by Crippen LogP contribution is -2.18. The molecular weight excluding hydrogens is 158 g/mol. The van der Waals surface area contributed by atoms with Crippen molar-refractivity contribution in [2.75, 3.05) is 13.2 Å². The Balaban J connectivity index is 3.35. The van der Waals surface area contributed by atoms with E-state index in [1.807, 2.05) is 4.72 Å². The second-order valence-electron chi connectivity index (χ2n) is 1.33. The predicted octanol–water partition coefficient (Wildman–Crippen LogP) is -1.15. The van der Waals surface area contributed by atoms with E-state index in [-0.39, 0.29) is 19.1 Å². The minimum atomic E-state index is -2.41. The van der Waals surface area contributed by atoms with Gasteiger partial charge in [0, 0.05) is 11.3 Å². The van der Waals surface area contributed by atoms with E-state index in [9.17, 15) is 8.76 Å². The van der Waals surface area contributed by atoms with Gasteiger partial charge < -0.3 is 14.4 Å². The molecule has 0 aliphatic carbocycles. The first-order valence-electron chi connectivity index (χ1n) is 2.45. The fourth-order valence-electron chi connectivity index (χ4n) is 0.291. The molecule has 0 fully saturated rings. The highest BCUT2D eigenvalue weighted by atomic mass is 32.2. The van der Waals surface area contributed by atoms with Crippen LogP contribution in [0.15, 0.2) is 12.5 Å². The summed E-state index contributed by atoms with van der Waals surface area (Å²) in [6, 6.07) is 0. The van der Waals surface area contributed by atoms with Crippen molar-refractivity contribution >= 4 is 11.3 Å². The van der Waals surface area contributed by atoms with Crippen molar-refractivity contribution in [3.63, 3.8) is 0 Å². The number of aliphatic hydroxyl groups excluding tert-OH is 1. The molecule has 0 aromatic heterocycles. The fraction of sp³-hybridized carbons (Fsp3) is 0.500. The van der Waals surface area contributed by atoms with Gasteiger partial charge in [-0.1, -0.05) is 0 Å². The Morgan fingerprint density at radius 3 is 2.90 bits per heavy atom. The Morgan fingerprint density at radius 2 is 2.50 bits per heavy atom.